The zero-order valence-electron chi connectivity index (χ0n) is 15.1. The normalized spacial score (nSPS) is 10.7. The number of methoxy groups -OCH3 is 1. The highest BCUT2D eigenvalue weighted by Gasteiger charge is 2.13. The third-order valence-electron chi connectivity index (χ3n) is 3.99. The van der Waals surface area contributed by atoms with Crippen LogP contribution >= 0.6 is 11.3 Å². The SMILES string of the molecule is CCc1ccc(-c2csc(NC(=O)c3ccc(=O)n(CCOC)n3)n2)cc1. The Hall–Kier alpha value is -2.84. The second kappa shape index (κ2) is 8.70. The predicted octanol–water partition coefficient (Wildman–Crippen LogP) is 2.83. The minimum Gasteiger partial charge on any atom is -0.383 e. The molecule has 1 aromatic carbocycles. The van der Waals surface area contributed by atoms with Gasteiger partial charge in [0.15, 0.2) is 5.13 Å². The van der Waals surface area contributed by atoms with E-state index in [2.05, 4.69) is 34.5 Å². The van der Waals surface area contributed by atoms with Crippen LogP contribution in [0.1, 0.15) is 23.0 Å². The van der Waals surface area contributed by atoms with Crippen molar-refractivity contribution in [1.82, 2.24) is 14.8 Å². The van der Waals surface area contributed by atoms with E-state index in [0.717, 1.165) is 17.7 Å². The number of thiazole rings is 1. The lowest BCUT2D eigenvalue weighted by atomic mass is 10.1. The Morgan fingerprint density at radius 1 is 1.22 bits per heavy atom. The summed E-state index contributed by atoms with van der Waals surface area (Å²) >= 11 is 1.34. The maximum absolute atomic E-state index is 12.4. The molecule has 0 aliphatic carbocycles. The van der Waals surface area contributed by atoms with Crippen LogP contribution in [0.5, 0.6) is 0 Å². The molecule has 2 heterocycles. The number of aromatic nitrogens is 3. The van der Waals surface area contributed by atoms with E-state index in [4.69, 9.17) is 4.74 Å². The molecular weight excluding hydrogens is 364 g/mol. The molecule has 3 aromatic rings. The van der Waals surface area contributed by atoms with Crippen molar-refractivity contribution in [2.45, 2.75) is 19.9 Å². The van der Waals surface area contributed by atoms with E-state index in [1.54, 1.807) is 0 Å². The highest BCUT2D eigenvalue weighted by Crippen LogP contribution is 2.25. The molecule has 0 aliphatic heterocycles. The molecule has 0 saturated carbocycles. The van der Waals surface area contributed by atoms with Gasteiger partial charge in [-0.15, -0.1) is 11.3 Å². The molecule has 0 bridgehead atoms. The zero-order valence-corrected chi connectivity index (χ0v) is 16.0. The largest absolute Gasteiger partial charge is 0.383 e. The van der Waals surface area contributed by atoms with Crippen LogP contribution < -0.4 is 10.9 Å². The zero-order chi connectivity index (χ0) is 19.2. The smallest absolute Gasteiger partial charge is 0.277 e. The fourth-order valence-electron chi connectivity index (χ4n) is 2.44. The van der Waals surface area contributed by atoms with Crippen molar-refractivity contribution in [3.63, 3.8) is 0 Å². The summed E-state index contributed by atoms with van der Waals surface area (Å²) in [6.07, 6.45) is 0.984. The fraction of sp³-hybridized carbons (Fsp3) is 0.263. The molecule has 1 N–H and O–H groups in total. The van der Waals surface area contributed by atoms with Gasteiger partial charge in [-0.05, 0) is 18.1 Å². The van der Waals surface area contributed by atoms with Gasteiger partial charge in [0.05, 0.1) is 18.8 Å². The first-order chi connectivity index (χ1) is 13.1. The second-order valence-electron chi connectivity index (χ2n) is 5.82. The highest BCUT2D eigenvalue weighted by atomic mass is 32.1. The summed E-state index contributed by atoms with van der Waals surface area (Å²) in [5.74, 6) is -0.414. The predicted molar refractivity (Wildman–Crippen MR) is 105 cm³/mol. The molecule has 140 valence electrons. The second-order valence-corrected chi connectivity index (χ2v) is 6.67. The number of carbonyl (C=O) groups excluding carboxylic acids is 1. The van der Waals surface area contributed by atoms with Crippen molar-refractivity contribution >= 4 is 22.4 Å². The van der Waals surface area contributed by atoms with Gasteiger partial charge in [-0.25, -0.2) is 9.67 Å². The molecule has 1 amide bonds. The molecular formula is C19H20N4O3S. The van der Waals surface area contributed by atoms with Crippen molar-refractivity contribution in [1.29, 1.82) is 0 Å². The molecule has 8 heteroatoms. The maximum Gasteiger partial charge on any atom is 0.277 e. The number of nitrogens with zero attached hydrogens (tertiary/aromatic N) is 3. The van der Waals surface area contributed by atoms with Gasteiger partial charge >= 0.3 is 0 Å². The summed E-state index contributed by atoms with van der Waals surface area (Å²) in [5.41, 5.74) is 2.92. The van der Waals surface area contributed by atoms with E-state index in [-0.39, 0.29) is 17.8 Å². The van der Waals surface area contributed by atoms with Crippen LogP contribution in [0.2, 0.25) is 0 Å². The third kappa shape index (κ3) is 4.66. The van der Waals surface area contributed by atoms with Gasteiger partial charge in [0.1, 0.15) is 5.69 Å². The Bertz CT molecular complexity index is 979. The number of hydrogen-bond acceptors (Lipinski definition) is 6. The van der Waals surface area contributed by atoms with Crippen LogP contribution in [0.25, 0.3) is 11.3 Å². The molecule has 2 aromatic heterocycles. The monoisotopic (exact) mass is 384 g/mol. The van der Waals surface area contributed by atoms with Crippen molar-refractivity contribution < 1.29 is 9.53 Å². The highest BCUT2D eigenvalue weighted by molar-refractivity contribution is 7.14. The lowest BCUT2D eigenvalue weighted by Crippen LogP contribution is -2.27. The Morgan fingerprint density at radius 2 is 2.00 bits per heavy atom. The minimum absolute atomic E-state index is 0.148. The standard InChI is InChI=1S/C19H20N4O3S/c1-3-13-4-6-14(7-5-13)16-12-27-19(20-16)21-18(25)15-8-9-17(24)23(22-15)10-11-26-2/h4-9,12H,3,10-11H2,1-2H3,(H,20,21,25). The molecule has 0 saturated heterocycles. The summed E-state index contributed by atoms with van der Waals surface area (Å²) in [6.45, 7) is 2.73. The molecule has 27 heavy (non-hydrogen) atoms. The van der Waals surface area contributed by atoms with E-state index < -0.39 is 5.91 Å². The average molecular weight is 384 g/mol. The summed E-state index contributed by atoms with van der Waals surface area (Å²) in [7, 11) is 1.54. The molecule has 7 nitrogen and oxygen atoms in total. The van der Waals surface area contributed by atoms with Crippen LogP contribution in [0.3, 0.4) is 0 Å². The van der Waals surface area contributed by atoms with Gasteiger partial charge in [-0.3, -0.25) is 14.9 Å². The average Bonchev–Trinajstić information content (AvgIpc) is 3.15. The Kier molecular flexibility index (Phi) is 6.10. The number of amides is 1. The lowest BCUT2D eigenvalue weighted by molar-refractivity contribution is 0.101. The van der Waals surface area contributed by atoms with E-state index in [1.807, 2.05) is 17.5 Å². The van der Waals surface area contributed by atoms with E-state index in [1.165, 1.54) is 40.8 Å². The Labute approximate surface area is 160 Å². The molecule has 0 fully saturated rings. The number of hydrogen-bond donors (Lipinski definition) is 1. The minimum atomic E-state index is -0.414. The van der Waals surface area contributed by atoms with Crippen molar-refractivity contribution in [3.8, 4) is 11.3 Å². The summed E-state index contributed by atoms with van der Waals surface area (Å²) in [4.78, 5) is 28.7. The third-order valence-corrected chi connectivity index (χ3v) is 4.75. The number of carbonyl (C=O) groups is 1. The first-order valence-corrected chi connectivity index (χ1v) is 9.42. The quantitative estimate of drug-likeness (QED) is 0.677. The van der Waals surface area contributed by atoms with Gasteiger partial charge in [0, 0.05) is 24.1 Å². The number of rotatable bonds is 7. The number of ether oxygens (including phenoxy) is 1. The van der Waals surface area contributed by atoms with Gasteiger partial charge in [-0.2, -0.15) is 5.10 Å². The van der Waals surface area contributed by atoms with Crippen molar-refractivity contribution in [3.05, 3.63) is 63.4 Å². The molecule has 0 atom stereocenters. The van der Waals surface area contributed by atoms with Crippen LogP contribution in [-0.2, 0) is 17.7 Å². The molecule has 0 spiro atoms. The van der Waals surface area contributed by atoms with Crippen molar-refractivity contribution in [2.24, 2.45) is 0 Å². The van der Waals surface area contributed by atoms with Crippen molar-refractivity contribution in [2.75, 3.05) is 19.0 Å². The fourth-order valence-corrected chi connectivity index (χ4v) is 3.16. The molecule has 3 rings (SSSR count). The van der Waals surface area contributed by atoms with E-state index >= 15 is 0 Å². The van der Waals surface area contributed by atoms with E-state index in [9.17, 15) is 9.59 Å². The topological polar surface area (TPSA) is 86.1 Å². The van der Waals surface area contributed by atoms with E-state index in [0.29, 0.717) is 11.7 Å². The van der Waals surface area contributed by atoms with Crippen LogP contribution in [-0.4, -0.2) is 34.4 Å². The molecule has 0 aliphatic rings. The lowest BCUT2D eigenvalue weighted by Gasteiger charge is -2.06. The van der Waals surface area contributed by atoms with Crippen LogP contribution in [0, 0.1) is 0 Å². The summed E-state index contributed by atoms with van der Waals surface area (Å²) in [5, 5.41) is 9.18. The molecule has 0 unspecified atom stereocenters. The Balaban J connectivity index is 1.73. The molecule has 0 radical (unpaired) electrons. The number of anilines is 1. The Morgan fingerprint density at radius 3 is 2.70 bits per heavy atom. The number of nitrogens with one attached hydrogen (secondary N) is 1. The van der Waals surface area contributed by atoms with Gasteiger partial charge in [0.2, 0.25) is 0 Å². The number of aryl methyl sites for hydroxylation is 1. The van der Waals surface area contributed by atoms with Crippen LogP contribution in [0.4, 0.5) is 5.13 Å². The van der Waals surface area contributed by atoms with Crippen LogP contribution in [0.15, 0.2) is 46.6 Å². The van der Waals surface area contributed by atoms with Gasteiger partial charge in [-0.1, -0.05) is 31.2 Å². The first kappa shape index (κ1) is 18.9. The van der Waals surface area contributed by atoms with Gasteiger partial charge < -0.3 is 4.74 Å². The first-order valence-electron chi connectivity index (χ1n) is 8.54. The number of benzene rings is 1. The van der Waals surface area contributed by atoms with Gasteiger partial charge in [0.25, 0.3) is 11.5 Å². The summed E-state index contributed by atoms with van der Waals surface area (Å²) in [6, 6.07) is 10.9. The maximum atomic E-state index is 12.4. The summed E-state index contributed by atoms with van der Waals surface area (Å²) < 4.78 is 6.16.